The molecule has 1 atom stereocenters. The van der Waals surface area contributed by atoms with Gasteiger partial charge in [-0.05, 0) is 19.3 Å². The fraction of sp³-hybridized carbons (Fsp3) is 0.727. The van der Waals surface area contributed by atoms with E-state index in [1.54, 1.807) is 10.5 Å². The summed E-state index contributed by atoms with van der Waals surface area (Å²) in [6.45, 7) is 0.871. The molecule has 2 saturated heterocycles. The second kappa shape index (κ2) is 5.98. The number of hydrazine groups is 1. The minimum absolute atomic E-state index is 0.00986. The van der Waals surface area contributed by atoms with Gasteiger partial charge in [-0.15, -0.1) is 0 Å². The van der Waals surface area contributed by atoms with E-state index in [2.05, 4.69) is 4.84 Å². The first-order valence-corrected chi connectivity index (χ1v) is 6.37. The molecule has 0 radical (unpaired) electrons. The Hall–Kier alpha value is -1.67. The van der Waals surface area contributed by atoms with Crippen molar-refractivity contribution in [3.8, 4) is 0 Å². The number of piperidine rings is 1. The fourth-order valence-electron chi connectivity index (χ4n) is 2.56. The molecule has 0 aromatic carbocycles. The van der Waals surface area contributed by atoms with Crippen LogP contribution in [0.4, 0.5) is 0 Å². The number of fused-ring (bicyclic) bond motifs is 1. The average molecular weight is 270 g/mol. The van der Waals surface area contributed by atoms with Gasteiger partial charge in [0, 0.05) is 13.1 Å². The van der Waals surface area contributed by atoms with E-state index in [1.807, 2.05) is 0 Å². The summed E-state index contributed by atoms with van der Waals surface area (Å²) in [5.41, 5.74) is 1.79. The Morgan fingerprint density at radius 1 is 1.42 bits per heavy atom. The van der Waals surface area contributed by atoms with Crippen LogP contribution in [0.25, 0.3) is 0 Å². The molecule has 2 aliphatic rings. The van der Waals surface area contributed by atoms with Crippen molar-refractivity contribution in [2.75, 3.05) is 19.6 Å². The van der Waals surface area contributed by atoms with Crippen molar-refractivity contribution in [3.05, 3.63) is 0 Å². The highest BCUT2D eigenvalue weighted by molar-refractivity contribution is 5.95. The zero-order valence-corrected chi connectivity index (χ0v) is 10.6. The van der Waals surface area contributed by atoms with E-state index in [-0.39, 0.29) is 37.4 Å². The number of nitrogens with two attached hydrogens (primary N) is 1. The standard InChI is InChI=1S/C11H18N4O4/c12-13-19-10(17)4-6-14-7-9(16)15-5-2-1-3-8(15)11(14)18/h8,13H,1-7,12H2. The Morgan fingerprint density at radius 2 is 2.21 bits per heavy atom. The predicted molar refractivity (Wildman–Crippen MR) is 64.0 cm³/mol. The molecule has 0 saturated carbocycles. The van der Waals surface area contributed by atoms with E-state index in [0.29, 0.717) is 13.0 Å². The van der Waals surface area contributed by atoms with Crippen molar-refractivity contribution >= 4 is 17.8 Å². The van der Waals surface area contributed by atoms with Crippen LogP contribution in [0.3, 0.4) is 0 Å². The molecule has 2 rings (SSSR count). The van der Waals surface area contributed by atoms with Crippen LogP contribution in [0.5, 0.6) is 0 Å². The van der Waals surface area contributed by atoms with Crippen LogP contribution < -0.4 is 11.4 Å². The molecule has 8 heteroatoms. The van der Waals surface area contributed by atoms with Gasteiger partial charge in [-0.2, -0.15) is 0 Å². The summed E-state index contributed by atoms with van der Waals surface area (Å²) in [5.74, 6) is 4.16. The number of hydrogen-bond donors (Lipinski definition) is 2. The van der Waals surface area contributed by atoms with Crippen LogP contribution in [0.1, 0.15) is 25.7 Å². The minimum atomic E-state index is -0.561. The maximum absolute atomic E-state index is 12.2. The molecule has 106 valence electrons. The van der Waals surface area contributed by atoms with Gasteiger partial charge in [0.25, 0.3) is 0 Å². The van der Waals surface area contributed by atoms with Crippen molar-refractivity contribution in [3.63, 3.8) is 0 Å². The first-order chi connectivity index (χ1) is 9.13. The van der Waals surface area contributed by atoms with Crippen LogP contribution >= 0.6 is 0 Å². The topological polar surface area (TPSA) is 105 Å². The first-order valence-electron chi connectivity index (χ1n) is 6.37. The number of hydrogen-bond acceptors (Lipinski definition) is 6. The summed E-state index contributed by atoms with van der Waals surface area (Å²) in [6, 6.07) is -0.348. The third-order valence-corrected chi connectivity index (χ3v) is 3.50. The highest BCUT2D eigenvalue weighted by Gasteiger charge is 2.40. The van der Waals surface area contributed by atoms with E-state index < -0.39 is 5.97 Å². The number of nitrogens with zero attached hydrogens (tertiary/aromatic N) is 2. The largest absolute Gasteiger partial charge is 0.356 e. The molecule has 2 amide bonds. The predicted octanol–water partition coefficient (Wildman–Crippen LogP) is -1.48. The average Bonchev–Trinajstić information content (AvgIpc) is 2.42. The summed E-state index contributed by atoms with van der Waals surface area (Å²) < 4.78 is 0. The van der Waals surface area contributed by atoms with Gasteiger partial charge in [-0.1, -0.05) is 5.59 Å². The number of nitrogens with one attached hydrogen (secondary N) is 1. The van der Waals surface area contributed by atoms with Gasteiger partial charge in [-0.3, -0.25) is 14.4 Å². The summed E-state index contributed by atoms with van der Waals surface area (Å²) in [7, 11) is 0. The molecule has 2 fully saturated rings. The molecule has 0 aromatic rings. The molecule has 0 bridgehead atoms. The smallest absolute Gasteiger partial charge is 0.328 e. The first kappa shape index (κ1) is 13.8. The van der Waals surface area contributed by atoms with Gasteiger partial charge in [0.1, 0.15) is 6.04 Å². The maximum Gasteiger partial charge on any atom is 0.328 e. The second-order valence-electron chi connectivity index (χ2n) is 4.70. The van der Waals surface area contributed by atoms with E-state index in [0.717, 1.165) is 12.8 Å². The third kappa shape index (κ3) is 3.02. The van der Waals surface area contributed by atoms with E-state index >= 15 is 0 Å². The molecule has 0 aromatic heterocycles. The van der Waals surface area contributed by atoms with Gasteiger partial charge >= 0.3 is 5.97 Å². The van der Waals surface area contributed by atoms with Crippen LogP contribution in [-0.2, 0) is 19.2 Å². The lowest BCUT2D eigenvalue weighted by Crippen LogP contribution is -2.61. The maximum atomic E-state index is 12.2. The Balaban J connectivity index is 1.93. The molecule has 3 N–H and O–H groups in total. The molecular weight excluding hydrogens is 252 g/mol. The van der Waals surface area contributed by atoms with Crippen molar-refractivity contribution in [2.24, 2.45) is 5.84 Å². The minimum Gasteiger partial charge on any atom is -0.356 e. The number of rotatable bonds is 4. The van der Waals surface area contributed by atoms with Gasteiger partial charge in [-0.25, -0.2) is 5.84 Å². The van der Waals surface area contributed by atoms with Crippen molar-refractivity contribution in [1.82, 2.24) is 15.4 Å². The van der Waals surface area contributed by atoms with E-state index in [9.17, 15) is 14.4 Å². The van der Waals surface area contributed by atoms with Crippen molar-refractivity contribution in [2.45, 2.75) is 31.7 Å². The van der Waals surface area contributed by atoms with Crippen LogP contribution in [0.2, 0.25) is 0 Å². The van der Waals surface area contributed by atoms with Crippen molar-refractivity contribution < 1.29 is 19.2 Å². The molecule has 19 heavy (non-hydrogen) atoms. The lowest BCUT2D eigenvalue weighted by molar-refractivity contribution is -0.160. The number of carbonyl (C=O) groups excluding carboxylic acids is 3. The Kier molecular flexibility index (Phi) is 4.33. The van der Waals surface area contributed by atoms with E-state index in [4.69, 9.17) is 5.84 Å². The van der Waals surface area contributed by atoms with Crippen LogP contribution in [0.15, 0.2) is 0 Å². The monoisotopic (exact) mass is 270 g/mol. The Bertz CT molecular complexity index is 387. The van der Waals surface area contributed by atoms with Gasteiger partial charge in [0.15, 0.2) is 0 Å². The molecular formula is C11H18N4O4. The number of piperazine rings is 1. The van der Waals surface area contributed by atoms with Gasteiger partial charge in [0.2, 0.25) is 11.8 Å². The SMILES string of the molecule is NNOC(=O)CCN1CC(=O)N2CCCCC2C1=O. The second-order valence-corrected chi connectivity index (χ2v) is 4.70. The molecule has 2 heterocycles. The van der Waals surface area contributed by atoms with Gasteiger partial charge in [0.05, 0.1) is 13.0 Å². The fourth-order valence-corrected chi connectivity index (χ4v) is 2.56. The highest BCUT2D eigenvalue weighted by atomic mass is 16.7. The Labute approximate surface area is 110 Å². The number of amides is 2. The highest BCUT2D eigenvalue weighted by Crippen LogP contribution is 2.23. The van der Waals surface area contributed by atoms with Crippen LogP contribution in [-0.4, -0.2) is 53.3 Å². The summed E-state index contributed by atoms with van der Waals surface area (Å²) in [6.07, 6.45) is 2.61. The molecule has 2 aliphatic heterocycles. The summed E-state index contributed by atoms with van der Waals surface area (Å²) >= 11 is 0. The van der Waals surface area contributed by atoms with E-state index in [1.165, 1.54) is 4.90 Å². The number of carbonyl (C=O) groups is 3. The molecule has 8 nitrogen and oxygen atoms in total. The Morgan fingerprint density at radius 3 is 2.95 bits per heavy atom. The quantitative estimate of drug-likeness (QED) is 0.477. The molecule has 1 unspecified atom stereocenters. The summed E-state index contributed by atoms with van der Waals surface area (Å²) in [5, 5.41) is 0. The zero-order valence-electron chi connectivity index (χ0n) is 10.6. The summed E-state index contributed by atoms with van der Waals surface area (Å²) in [4.78, 5) is 42.7. The van der Waals surface area contributed by atoms with Gasteiger partial charge < -0.3 is 14.6 Å². The molecule has 0 aliphatic carbocycles. The lowest BCUT2D eigenvalue weighted by Gasteiger charge is -2.42. The van der Waals surface area contributed by atoms with Crippen molar-refractivity contribution in [1.29, 1.82) is 0 Å². The third-order valence-electron chi connectivity index (χ3n) is 3.50. The normalized spacial score (nSPS) is 23.3. The van der Waals surface area contributed by atoms with Crippen LogP contribution in [0, 0.1) is 0 Å². The zero-order chi connectivity index (χ0) is 13.8. The molecule has 0 spiro atoms. The lowest BCUT2D eigenvalue weighted by atomic mass is 9.98.